The van der Waals surface area contributed by atoms with Gasteiger partial charge in [0.25, 0.3) is 11.5 Å². The van der Waals surface area contributed by atoms with E-state index in [1.54, 1.807) is 32.2 Å². The number of rotatable bonds is 9. The van der Waals surface area contributed by atoms with Crippen molar-refractivity contribution < 1.29 is 23.6 Å². The van der Waals surface area contributed by atoms with Crippen LogP contribution in [-0.2, 0) is 23.1 Å². The number of carbonyl (C=O) groups excluding carboxylic acids is 2. The van der Waals surface area contributed by atoms with Gasteiger partial charge in [0.2, 0.25) is 5.91 Å². The summed E-state index contributed by atoms with van der Waals surface area (Å²) in [5.74, 6) is -0.460. The van der Waals surface area contributed by atoms with Crippen molar-refractivity contribution in [2.75, 3.05) is 25.1 Å². The van der Waals surface area contributed by atoms with E-state index in [2.05, 4.69) is 10.3 Å². The maximum Gasteiger partial charge on any atom is 0.290 e. The van der Waals surface area contributed by atoms with Gasteiger partial charge in [-0.25, -0.2) is 4.98 Å². The second kappa shape index (κ2) is 11.3. The molecule has 1 aliphatic rings. The van der Waals surface area contributed by atoms with E-state index < -0.39 is 11.8 Å². The monoisotopic (exact) mass is 581 g/mol. The van der Waals surface area contributed by atoms with Crippen LogP contribution in [0, 0.1) is 13.8 Å². The normalized spacial score (nSPS) is 13.3. The Labute approximate surface area is 246 Å². The molecule has 1 aliphatic heterocycles. The van der Waals surface area contributed by atoms with Crippen molar-refractivity contribution in [1.29, 1.82) is 0 Å². The minimum Gasteiger partial charge on any atom is -0.381 e. The van der Waals surface area contributed by atoms with Gasteiger partial charge in [0.1, 0.15) is 11.9 Å². The lowest BCUT2D eigenvalue weighted by molar-refractivity contribution is -0.130. The molecule has 3 N–H and O–H groups in total. The number of aryl methyl sites for hydroxylation is 3. The van der Waals surface area contributed by atoms with Crippen molar-refractivity contribution >= 4 is 28.4 Å². The van der Waals surface area contributed by atoms with Gasteiger partial charge in [-0.2, -0.15) is 4.74 Å². The average molecular weight is 582 g/mol. The van der Waals surface area contributed by atoms with Crippen molar-refractivity contribution in [2.24, 2.45) is 12.8 Å². The van der Waals surface area contributed by atoms with Gasteiger partial charge < -0.3 is 29.6 Å². The number of benzene rings is 2. The molecule has 2 aromatic carbocycles. The fourth-order valence-corrected chi connectivity index (χ4v) is 5.36. The number of pyridine rings is 1. The van der Waals surface area contributed by atoms with Crippen LogP contribution in [-0.4, -0.2) is 52.0 Å². The van der Waals surface area contributed by atoms with Crippen molar-refractivity contribution in [3.63, 3.8) is 0 Å². The SMILES string of the molecule is Cc1cc2cc(-c3ccc(-c4c(C)on(C)c4=O)cc3)n(CCOC3COC3)c2c(C(=O)Nc2cccc(C(N)=O)c2)n1. The Morgan fingerprint density at radius 3 is 2.47 bits per heavy atom. The Morgan fingerprint density at radius 1 is 1.07 bits per heavy atom. The van der Waals surface area contributed by atoms with Crippen LogP contribution in [0.15, 0.2) is 70.0 Å². The van der Waals surface area contributed by atoms with Gasteiger partial charge in [-0.3, -0.25) is 14.4 Å². The lowest BCUT2D eigenvalue weighted by atomic mass is 10.0. The van der Waals surface area contributed by atoms with E-state index >= 15 is 0 Å². The van der Waals surface area contributed by atoms with E-state index in [0.717, 1.165) is 22.2 Å². The van der Waals surface area contributed by atoms with E-state index in [9.17, 15) is 14.4 Å². The van der Waals surface area contributed by atoms with Crippen LogP contribution in [0.2, 0.25) is 0 Å². The molecule has 43 heavy (non-hydrogen) atoms. The Bertz CT molecular complexity index is 1910. The van der Waals surface area contributed by atoms with Gasteiger partial charge in [-0.1, -0.05) is 30.3 Å². The molecule has 0 atom stereocenters. The number of carbonyl (C=O) groups is 2. The lowest BCUT2D eigenvalue weighted by Gasteiger charge is -2.26. The number of ether oxygens (including phenoxy) is 2. The van der Waals surface area contributed by atoms with E-state index in [1.807, 2.05) is 47.9 Å². The lowest BCUT2D eigenvalue weighted by Crippen LogP contribution is -2.36. The van der Waals surface area contributed by atoms with E-state index in [0.29, 0.717) is 54.6 Å². The van der Waals surface area contributed by atoms with Crippen LogP contribution in [0.25, 0.3) is 33.3 Å². The van der Waals surface area contributed by atoms with Gasteiger partial charge in [0, 0.05) is 41.6 Å². The molecule has 4 heterocycles. The van der Waals surface area contributed by atoms with E-state index in [-0.39, 0.29) is 22.9 Å². The largest absolute Gasteiger partial charge is 0.381 e. The molecule has 0 spiro atoms. The maximum atomic E-state index is 13.7. The summed E-state index contributed by atoms with van der Waals surface area (Å²) in [6.07, 6.45) is 0.0473. The first-order valence-electron chi connectivity index (χ1n) is 13.9. The molecule has 5 aromatic rings. The Balaban J connectivity index is 1.42. The number of fused-ring (bicyclic) bond motifs is 1. The van der Waals surface area contributed by atoms with Crippen molar-refractivity contribution in [3.05, 3.63) is 93.7 Å². The number of amides is 2. The number of nitrogens with two attached hydrogens (primary N) is 1. The number of primary amides is 1. The molecule has 0 radical (unpaired) electrons. The first-order valence-corrected chi connectivity index (χ1v) is 13.9. The third-order valence-electron chi connectivity index (χ3n) is 7.49. The zero-order valence-electron chi connectivity index (χ0n) is 24.0. The molecule has 1 fully saturated rings. The Kier molecular flexibility index (Phi) is 7.43. The Morgan fingerprint density at radius 2 is 1.81 bits per heavy atom. The first-order chi connectivity index (χ1) is 20.7. The van der Waals surface area contributed by atoms with Crippen molar-refractivity contribution in [3.8, 4) is 22.4 Å². The number of anilines is 1. The second-order valence-electron chi connectivity index (χ2n) is 10.6. The van der Waals surface area contributed by atoms with Crippen LogP contribution < -0.4 is 16.6 Å². The molecule has 0 aliphatic carbocycles. The fourth-order valence-electron chi connectivity index (χ4n) is 5.36. The van der Waals surface area contributed by atoms with Crippen LogP contribution in [0.1, 0.15) is 32.3 Å². The highest BCUT2D eigenvalue weighted by Crippen LogP contribution is 2.32. The van der Waals surface area contributed by atoms with Crippen LogP contribution in [0.3, 0.4) is 0 Å². The molecule has 2 amide bonds. The Hall–Kier alpha value is -5.00. The van der Waals surface area contributed by atoms with Crippen LogP contribution in [0.5, 0.6) is 0 Å². The second-order valence-corrected chi connectivity index (χ2v) is 10.6. The number of nitrogens with zero attached hydrogens (tertiary/aromatic N) is 3. The zero-order valence-corrected chi connectivity index (χ0v) is 24.0. The molecule has 3 aromatic heterocycles. The van der Waals surface area contributed by atoms with E-state index in [1.165, 1.54) is 10.8 Å². The van der Waals surface area contributed by atoms with Crippen molar-refractivity contribution in [2.45, 2.75) is 26.5 Å². The van der Waals surface area contributed by atoms with Crippen LogP contribution >= 0.6 is 0 Å². The average Bonchev–Trinajstić information content (AvgIpc) is 3.44. The molecular formula is C32H31N5O6. The standard InChI is InChI=1S/C32H31N5O6/c1-18-13-23-15-26(20-7-9-21(10-8-20)27-19(2)43-36(3)32(27)40)37(11-12-42-25-16-41-17-25)29(23)28(34-18)31(39)35-24-6-4-5-22(14-24)30(33)38/h4-10,13-15,25H,11-12,16-17H2,1-3H3,(H2,33,38)(H,35,39). The van der Waals surface area contributed by atoms with Gasteiger partial charge in [0.15, 0.2) is 5.69 Å². The smallest absolute Gasteiger partial charge is 0.290 e. The number of hydrogen-bond acceptors (Lipinski definition) is 7. The predicted octanol–water partition coefficient (Wildman–Crippen LogP) is 4.05. The highest BCUT2D eigenvalue weighted by Gasteiger charge is 2.23. The topological polar surface area (TPSA) is 144 Å². The minimum absolute atomic E-state index is 0.0473. The highest BCUT2D eigenvalue weighted by atomic mass is 16.6. The molecule has 0 unspecified atom stereocenters. The summed E-state index contributed by atoms with van der Waals surface area (Å²) in [5.41, 5.74) is 10.5. The zero-order chi connectivity index (χ0) is 30.2. The van der Waals surface area contributed by atoms with Gasteiger partial charge in [-0.05, 0) is 55.3 Å². The summed E-state index contributed by atoms with van der Waals surface area (Å²) in [5, 5.41) is 3.71. The summed E-state index contributed by atoms with van der Waals surface area (Å²) < 4.78 is 20.0. The first kappa shape index (κ1) is 28.1. The third-order valence-corrected chi connectivity index (χ3v) is 7.49. The molecule has 220 valence electrons. The molecule has 0 saturated carbocycles. The summed E-state index contributed by atoms with van der Waals surface area (Å²) in [6, 6.07) is 18.1. The molecule has 0 bridgehead atoms. The minimum atomic E-state index is -0.586. The molecule has 6 rings (SSSR count). The van der Waals surface area contributed by atoms with Gasteiger partial charge >= 0.3 is 0 Å². The molecule has 11 heteroatoms. The quantitative estimate of drug-likeness (QED) is 0.267. The highest BCUT2D eigenvalue weighted by molar-refractivity contribution is 6.12. The fraction of sp³-hybridized carbons (Fsp3) is 0.250. The van der Waals surface area contributed by atoms with Gasteiger partial charge in [0.05, 0.1) is 30.9 Å². The number of aromatic nitrogens is 3. The summed E-state index contributed by atoms with van der Waals surface area (Å²) >= 11 is 0. The summed E-state index contributed by atoms with van der Waals surface area (Å²) in [7, 11) is 1.58. The maximum absolute atomic E-state index is 13.7. The molecule has 11 nitrogen and oxygen atoms in total. The molecule has 1 saturated heterocycles. The van der Waals surface area contributed by atoms with Crippen LogP contribution in [0.4, 0.5) is 5.69 Å². The molecular weight excluding hydrogens is 550 g/mol. The third kappa shape index (κ3) is 5.47. The predicted molar refractivity (Wildman–Crippen MR) is 161 cm³/mol. The number of nitrogens with one attached hydrogen (secondary N) is 1. The van der Waals surface area contributed by atoms with Gasteiger partial charge in [-0.15, -0.1) is 0 Å². The summed E-state index contributed by atoms with van der Waals surface area (Å²) in [6.45, 7) is 5.59. The summed E-state index contributed by atoms with van der Waals surface area (Å²) in [4.78, 5) is 42.6. The van der Waals surface area contributed by atoms with E-state index in [4.69, 9.17) is 19.7 Å². The number of hydrogen-bond donors (Lipinski definition) is 2. The van der Waals surface area contributed by atoms with Crippen molar-refractivity contribution in [1.82, 2.24) is 14.3 Å².